The number of aryl methyl sites for hydroxylation is 2. The molecule has 1 aliphatic heterocycles. The van der Waals surface area contributed by atoms with Gasteiger partial charge in [-0.05, 0) is 49.6 Å². The van der Waals surface area contributed by atoms with Gasteiger partial charge in [-0.2, -0.15) is 0 Å². The minimum Gasteiger partial charge on any atom is -0.311 e. The first-order chi connectivity index (χ1) is 9.69. The number of halogens is 1. The fourth-order valence-electron chi connectivity index (χ4n) is 2.69. The smallest absolute Gasteiger partial charge is 0.160 e. The maximum Gasteiger partial charge on any atom is 0.160 e. The van der Waals surface area contributed by atoms with Crippen LogP contribution in [0.25, 0.3) is 11.4 Å². The Balaban J connectivity index is 2.17. The van der Waals surface area contributed by atoms with E-state index in [4.69, 9.17) is 0 Å². The summed E-state index contributed by atoms with van der Waals surface area (Å²) in [7, 11) is 0. The molecule has 4 heteroatoms. The summed E-state index contributed by atoms with van der Waals surface area (Å²) in [5.74, 6) is 0.393. The average Bonchev–Trinajstić information content (AvgIpc) is 2.48. The fourth-order valence-corrected chi connectivity index (χ4v) is 2.69. The zero-order valence-electron chi connectivity index (χ0n) is 11.8. The molecule has 3 nitrogen and oxygen atoms in total. The number of nitrogens with one attached hydrogen (secondary N) is 1. The molecule has 1 N–H and O–H groups in total. The zero-order valence-corrected chi connectivity index (χ0v) is 11.8. The summed E-state index contributed by atoms with van der Waals surface area (Å²) in [4.78, 5) is 9.32. The van der Waals surface area contributed by atoms with Crippen LogP contribution in [0, 0.1) is 12.7 Å². The van der Waals surface area contributed by atoms with Gasteiger partial charge in [0.2, 0.25) is 0 Å². The molecule has 0 unspecified atom stereocenters. The number of hydrogen-bond donors (Lipinski definition) is 1. The standard InChI is InChI=1S/C16H18FN3/c1-3-14-12-6-7-18-9-15(12)20-16(19-14)13-8-11(17)5-4-10(13)2/h4-5,8,18H,3,6-7,9H2,1-2H3. The Labute approximate surface area is 118 Å². The first kappa shape index (κ1) is 13.2. The summed E-state index contributed by atoms with van der Waals surface area (Å²) in [6.07, 6.45) is 1.85. The van der Waals surface area contributed by atoms with E-state index in [1.807, 2.05) is 6.92 Å². The molecule has 0 bridgehead atoms. The van der Waals surface area contributed by atoms with Crippen molar-refractivity contribution in [3.63, 3.8) is 0 Å². The Morgan fingerprint density at radius 2 is 2.15 bits per heavy atom. The molecule has 0 fully saturated rings. The number of rotatable bonds is 2. The molecule has 1 aliphatic rings. The molecular weight excluding hydrogens is 253 g/mol. The Bertz CT molecular complexity index is 635. The van der Waals surface area contributed by atoms with E-state index in [-0.39, 0.29) is 5.82 Å². The van der Waals surface area contributed by atoms with Crippen LogP contribution in [0.5, 0.6) is 0 Å². The van der Waals surface area contributed by atoms with Crippen molar-refractivity contribution in [2.45, 2.75) is 33.2 Å². The first-order valence-electron chi connectivity index (χ1n) is 7.05. The molecule has 0 radical (unpaired) electrons. The van der Waals surface area contributed by atoms with E-state index < -0.39 is 0 Å². The highest BCUT2D eigenvalue weighted by Gasteiger charge is 2.18. The summed E-state index contributed by atoms with van der Waals surface area (Å²) in [5.41, 5.74) is 5.20. The molecule has 2 aromatic rings. The van der Waals surface area contributed by atoms with Crippen LogP contribution < -0.4 is 5.32 Å². The second-order valence-corrected chi connectivity index (χ2v) is 5.16. The molecule has 2 heterocycles. The molecule has 0 aliphatic carbocycles. The van der Waals surface area contributed by atoms with Crippen LogP contribution in [0.2, 0.25) is 0 Å². The van der Waals surface area contributed by atoms with Gasteiger partial charge in [-0.1, -0.05) is 13.0 Å². The SMILES string of the molecule is CCc1nc(-c2cc(F)ccc2C)nc2c1CCNC2. The minimum atomic E-state index is -0.247. The average molecular weight is 271 g/mol. The maximum absolute atomic E-state index is 13.5. The second-order valence-electron chi connectivity index (χ2n) is 5.16. The largest absolute Gasteiger partial charge is 0.311 e. The van der Waals surface area contributed by atoms with Crippen LogP contribution in [-0.4, -0.2) is 16.5 Å². The molecule has 104 valence electrons. The molecule has 1 aromatic heterocycles. The Hall–Kier alpha value is -1.81. The normalized spacial score (nSPS) is 14.2. The van der Waals surface area contributed by atoms with Gasteiger partial charge >= 0.3 is 0 Å². The highest BCUT2D eigenvalue weighted by molar-refractivity contribution is 5.60. The summed E-state index contributed by atoms with van der Waals surface area (Å²) in [5, 5.41) is 3.33. The van der Waals surface area contributed by atoms with Crippen LogP contribution in [-0.2, 0) is 19.4 Å². The van der Waals surface area contributed by atoms with Gasteiger partial charge in [-0.15, -0.1) is 0 Å². The van der Waals surface area contributed by atoms with Gasteiger partial charge < -0.3 is 5.32 Å². The van der Waals surface area contributed by atoms with Gasteiger partial charge in [-0.3, -0.25) is 0 Å². The second kappa shape index (κ2) is 5.29. The summed E-state index contributed by atoms with van der Waals surface area (Å²) >= 11 is 0. The predicted molar refractivity (Wildman–Crippen MR) is 77.0 cm³/mol. The highest BCUT2D eigenvalue weighted by Crippen LogP contribution is 2.25. The monoisotopic (exact) mass is 271 g/mol. The van der Waals surface area contributed by atoms with E-state index in [1.165, 1.54) is 17.7 Å². The first-order valence-corrected chi connectivity index (χ1v) is 7.05. The van der Waals surface area contributed by atoms with Crippen molar-refractivity contribution >= 4 is 0 Å². The maximum atomic E-state index is 13.5. The van der Waals surface area contributed by atoms with Crippen molar-refractivity contribution in [2.24, 2.45) is 0 Å². The molecule has 0 saturated heterocycles. The number of hydrogen-bond acceptors (Lipinski definition) is 3. The molecule has 1 aromatic carbocycles. The van der Waals surface area contributed by atoms with Crippen molar-refractivity contribution in [3.05, 3.63) is 46.5 Å². The molecule has 20 heavy (non-hydrogen) atoms. The van der Waals surface area contributed by atoms with E-state index >= 15 is 0 Å². The molecule has 3 rings (SSSR count). The van der Waals surface area contributed by atoms with E-state index in [0.717, 1.165) is 48.4 Å². The van der Waals surface area contributed by atoms with Gasteiger partial charge in [0, 0.05) is 17.8 Å². The lowest BCUT2D eigenvalue weighted by Crippen LogP contribution is -2.26. The van der Waals surface area contributed by atoms with Crippen molar-refractivity contribution in [3.8, 4) is 11.4 Å². The summed E-state index contributed by atoms with van der Waals surface area (Å²) in [6.45, 7) is 5.81. The van der Waals surface area contributed by atoms with Crippen LogP contribution in [0.1, 0.15) is 29.4 Å². The third-order valence-electron chi connectivity index (χ3n) is 3.80. The Kier molecular flexibility index (Phi) is 3.49. The van der Waals surface area contributed by atoms with E-state index in [1.54, 1.807) is 6.07 Å². The molecule has 0 atom stereocenters. The van der Waals surface area contributed by atoms with Crippen LogP contribution in [0.3, 0.4) is 0 Å². The van der Waals surface area contributed by atoms with E-state index in [0.29, 0.717) is 5.82 Å². The van der Waals surface area contributed by atoms with Gasteiger partial charge in [0.05, 0.1) is 5.69 Å². The lowest BCUT2D eigenvalue weighted by atomic mass is 10.0. The third kappa shape index (κ3) is 2.31. The topological polar surface area (TPSA) is 37.8 Å². The minimum absolute atomic E-state index is 0.247. The summed E-state index contributed by atoms with van der Waals surface area (Å²) in [6, 6.07) is 4.77. The molecule has 0 spiro atoms. The highest BCUT2D eigenvalue weighted by atomic mass is 19.1. The Morgan fingerprint density at radius 3 is 2.95 bits per heavy atom. The zero-order chi connectivity index (χ0) is 14.1. The number of aromatic nitrogens is 2. The Morgan fingerprint density at radius 1 is 1.30 bits per heavy atom. The molecule has 0 saturated carbocycles. The van der Waals surface area contributed by atoms with Crippen LogP contribution in [0.4, 0.5) is 4.39 Å². The quantitative estimate of drug-likeness (QED) is 0.912. The van der Waals surface area contributed by atoms with Crippen LogP contribution in [0.15, 0.2) is 18.2 Å². The number of nitrogens with zero attached hydrogens (tertiary/aromatic N) is 2. The molecular formula is C16H18FN3. The predicted octanol–water partition coefficient (Wildman–Crippen LogP) is 2.80. The fraction of sp³-hybridized carbons (Fsp3) is 0.375. The van der Waals surface area contributed by atoms with Gasteiger partial charge in [0.1, 0.15) is 5.82 Å². The van der Waals surface area contributed by atoms with Gasteiger partial charge in [0.15, 0.2) is 5.82 Å². The van der Waals surface area contributed by atoms with Gasteiger partial charge in [0.25, 0.3) is 0 Å². The van der Waals surface area contributed by atoms with Crippen molar-refractivity contribution < 1.29 is 4.39 Å². The summed E-state index contributed by atoms with van der Waals surface area (Å²) < 4.78 is 13.5. The van der Waals surface area contributed by atoms with Crippen molar-refractivity contribution in [1.29, 1.82) is 0 Å². The van der Waals surface area contributed by atoms with Crippen molar-refractivity contribution in [1.82, 2.24) is 15.3 Å². The van der Waals surface area contributed by atoms with E-state index in [9.17, 15) is 4.39 Å². The number of fused-ring (bicyclic) bond motifs is 1. The van der Waals surface area contributed by atoms with Crippen molar-refractivity contribution in [2.75, 3.05) is 6.54 Å². The van der Waals surface area contributed by atoms with Crippen LogP contribution >= 0.6 is 0 Å². The molecule has 0 amide bonds. The van der Waals surface area contributed by atoms with Gasteiger partial charge in [-0.25, -0.2) is 14.4 Å². The number of benzene rings is 1. The van der Waals surface area contributed by atoms with E-state index in [2.05, 4.69) is 22.2 Å². The lowest BCUT2D eigenvalue weighted by molar-refractivity contribution is 0.616. The third-order valence-corrected chi connectivity index (χ3v) is 3.80. The lowest BCUT2D eigenvalue weighted by Gasteiger charge is -2.20.